The van der Waals surface area contributed by atoms with Gasteiger partial charge in [0.1, 0.15) is 12.4 Å². The van der Waals surface area contributed by atoms with Crippen molar-refractivity contribution in [1.82, 2.24) is 14.9 Å². The molecule has 1 N–H and O–H groups in total. The quantitative estimate of drug-likeness (QED) is 0.572. The monoisotopic (exact) mass is 415 g/mol. The van der Waals surface area contributed by atoms with Gasteiger partial charge in [-0.15, -0.1) is 0 Å². The number of rotatable bonds is 8. The molecule has 1 amide bonds. The fourth-order valence-corrected chi connectivity index (χ4v) is 3.19. The lowest BCUT2D eigenvalue weighted by Gasteiger charge is -2.10. The van der Waals surface area contributed by atoms with Crippen molar-refractivity contribution in [3.8, 4) is 0 Å². The highest BCUT2D eigenvalue weighted by molar-refractivity contribution is 9.10. The van der Waals surface area contributed by atoms with Crippen molar-refractivity contribution in [3.63, 3.8) is 0 Å². The lowest BCUT2D eigenvalue weighted by Crippen LogP contribution is -2.28. The molecule has 6 heteroatoms. The Hall–Kier alpha value is -2.18. The molecule has 0 saturated heterocycles. The van der Waals surface area contributed by atoms with E-state index in [9.17, 15) is 4.79 Å². The van der Waals surface area contributed by atoms with Gasteiger partial charge in [-0.1, -0.05) is 40.2 Å². The average molecular weight is 416 g/mol. The minimum atomic E-state index is -0.0872. The highest BCUT2D eigenvalue weighted by atomic mass is 79.9. The van der Waals surface area contributed by atoms with Crippen LogP contribution in [0.5, 0.6) is 0 Å². The predicted octanol–water partition coefficient (Wildman–Crippen LogP) is 3.54. The maximum Gasteiger partial charge on any atom is 0.245 e. The Balaban J connectivity index is 1.74. The zero-order chi connectivity index (χ0) is 18.4. The van der Waals surface area contributed by atoms with Gasteiger partial charge in [0.05, 0.1) is 11.0 Å². The number of aryl methyl sites for hydroxylation is 1. The van der Waals surface area contributed by atoms with E-state index in [0.717, 1.165) is 40.7 Å². The second-order valence-electron chi connectivity index (χ2n) is 6.12. The van der Waals surface area contributed by atoms with Crippen LogP contribution in [0.2, 0.25) is 0 Å². The van der Waals surface area contributed by atoms with Crippen LogP contribution in [0.25, 0.3) is 11.0 Å². The molecule has 0 spiro atoms. The minimum Gasteiger partial charge on any atom is -0.375 e. The third-order valence-electron chi connectivity index (χ3n) is 4.16. The number of halogens is 1. The number of methoxy groups -OCH3 is 1. The number of imidazole rings is 1. The highest BCUT2D eigenvalue weighted by Gasteiger charge is 2.11. The van der Waals surface area contributed by atoms with Crippen molar-refractivity contribution >= 4 is 32.9 Å². The van der Waals surface area contributed by atoms with E-state index in [4.69, 9.17) is 9.72 Å². The molecule has 0 bridgehead atoms. The number of carbonyl (C=O) groups is 1. The molecule has 1 heterocycles. The number of ether oxygens (including phenoxy) is 1. The van der Waals surface area contributed by atoms with Crippen molar-refractivity contribution < 1.29 is 9.53 Å². The zero-order valence-electron chi connectivity index (χ0n) is 14.7. The van der Waals surface area contributed by atoms with Crippen LogP contribution >= 0.6 is 15.9 Å². The third kappa shape index (κ3) is 4.71. The summed E-state index contributed by atoms with van der Waals surface area (Å²) in [6.45, 7) is 1.49. The molecule has 5 nitrogen and oxygen atoms in total. The van der Waals surface area contributed by atoms with Crippen LogP contribution in [0, 0.1) is 0 Å². The Morgan fingerprint density at radius 1 is 1.19 bits per heavy atom. The SMILES string of the molecule is COCC(=O)NCCCc1nc2ccccc2n1Cc1ccc(Br)cc1. The first kappa shape index (κ1) is 18.6. The zero-order valence-corrected chi connectivity index (χ0v) is 16.3. The summed E-state index contributed by atoms with van der Waals surface area (Å²) in [6.07, 6.45) is 1.64. The van der Waals surface area contributed by atoms with Crippen LogP contribution in [0.1, 0.15) is 17.8 Å². The Bertz CT molecular complexity index is 874. The number of hydrogen-bond acceptors (Lipinski definition) is 3. The molecule has 0 aliphatic carbocycles. The number of aromatic nitrogens is 2. The van der Waals surface area contributed by atoms with E-state index in [2.05, 4.69) is 56.1 Å². The van der Waals surface area contributed by atoms with Crippen molar-refractivity contribution in [2.45, 2.75) is 19.4 Å². The number of benzene rings is 2. The molecule has 26 heavy (non-hydrogen) atoms. The number of nitrogens with one attached hydrogen (secondary N) is 1. The average Bonchev–Trinajstić information content (AvgIpc) is 2.98. The van der Waals surface area contributed by atoms with Gasteiger partial charge in [-0.25, -0.2) is 4.98 Å². The molecular formula is C20H22BrN3O2. The molecule has 0 unspecified atom stereocenters. The normalized spacial score (nSPS) is 11.0. The Labute approximate surface area is 161 Å². The third-order valence-corrected chi connectivity index (χ3v) is 4.69. The maximum absolute atomic E-state index is 11.5. The van der Waals surface area contributed by atoms with Crippen LogP contribution in [-0.2, 0) is 22.5 Å². The molecular weight excluding hydrogens is 394 g/mol. The van der Waals surface area contributed by atoms with Gasteiger partial charge in [0, 0.05) is 31.1 Å². The predicted molar refractivity (Wildman–Crippen MR) is 106 cm³/mol. The molecule has 0 fully saturated rings. The first-order chi connectivity index (χ1) is 12.7. The van der Waals surface area contributed by atoms with Crippen LogP contribution in [0.4, 0.5) is 0 Å². The van der Waals surface area contributed by atoms with E-state index < -0.39 is 0 Å². The van der Waals surface area contributed by atoms with Crippen LogP contribution in [0.3, 0.4) is 0 Å². The summed E-state index contributed by atoms with van der Waals surface area (Å²) in [5.74, 6) is 0.950. The number of amides is 1. The van der Waals surface area contributed by atoms with Gasteiger partial charge in [-0.3, -0.25) is 4.79 Å². The van der Waals surface area contributed by atoms with Crippen molar-refractivity contribution in [2.75, 3.05) is 20.3 Å². The highest BCUT2D eigenvalue weighted by Crippen LogP contribution is 2.20. The van der Waals surface area contributed by atoms with E-state index in [1.54, 1.807) is 0 Å². The first-order valence-electron chi connectivity index (χ1n) is 8.61. The number of fused-ring (bicyclic) bond motifs is 1. The summed E-state index contributed by atoms with van der Waals surface area (Å²) in [6, 6.07) is 16.5. The number of hydrogen-bond donors (Lipinski definition) is 1. The summed E-state index contributed by atoms with van der Waals surface area (Å²) in [5.41, 5.74) is 3.36. The fourth-order valence-electron chi connectivity index (χ4n) is 2.92. The van der Waals surface area contributed by atoms with Crippen molar-refractivity contribution in [2.24, 2.45) is 0 Å². The van der Waals surface area contributed by atoms with Crippen LogP contribution < -0.4 is 5.32 Å². The Morgan fingerprint density at radius 2 is 1.96 bits per heavy atom. The van der Waals surface area contributed by atoms with Crippen molar-refractivity contribution in [1.29, 1.82) is 0 Å². The van der Waals surface area contributed by atoms with Gasteiger partial charge in [0.2, 0.25) is 5.91 Å². The minimum absolute atomic E-state index is 0.0872. The van der Waals surface area contributed by atoms with Gasteiger partial charge in [0.25, 0.3) is 0 Å². The summed E-state index contributed by atoms with van der Waals surface area (Å²) < 4.78 is 8.15. The standard InChI is InChI=1S/C20H22BrN3O2/c1-26-14-20(25)22-12-4-7-19-23-17-5-2-3-6-18(17)24(19)13-15-8-10-16(21)11-9-15/h2-3,5-6,8-11H,4,7,12-14H2,1H3,(H,22,25). The van der Waals surface area contributed by atoms with E-state index in [0.29, 0.717) is 6.54 Å². The van der Waals surface area contributed by atoms with E-state index in [1.807, 2.05) is 18.2 Å². The van der Waals surface area contributed by atoms with Crippen LogP contribution in [-0.4, -0.2) is 35.7 Å². The molecule has 3 rings (SSSR count). The summed E-state index contributed by atoms with van der Waals surface area (Å²) >= 11 is 3.48. The topological polar surface area (TPSA) is 56.1 Å². The molecule has 0 saturated carbocycles. The Morgan fingerprint density at radius 3 is 2.73 bits per heavy atom. The molecule has 1 aromatic heterocycles. The van der Waals surface area contributed by atoms with Gasteiger partial charge >= 0.3 is 0 Å². The second kappa shape index (κ2) is 8.96. The number of nitrogens with zero attached hydrogens (tertiary/aromatic N) is 2. The van der Waals surface area contributed by atoms with E-state index in [-0.39, 0.29) is 12.5 Å². The lowest BCUT2D eigenvalue weighted by molar-refractivity contribution is -0.124. The molecule has 0 aliphatic heterocycles. The first-order valence-corrected chi connectivity index (χ1v) is 9.41. The largest absolute Gasteiger partial charge is 0.375 e. The van der Waals surface area contributed by atoms with E-state index >= 15 is 0 Å². The number of para-hydroxylation sites is 2. The smallest absolute Gasteiger partial charge is 0.245 e. The maximum atomic E-state index is 11.5. The fraction of sp³-hybridized carbons (Fsp3) is 0.300. The summed E-state index contributed by atoms with van der Waals surface area (Å²) in [7, 11) is 1.52. The molecule has 0 radical (unpaired) electrons. The molecule has 0 aliphatic rings. The second-order valence-corrected chi connectivity index (χ2v) is 7.03. The van der Waals surface area contributed by atoms with Gasteiger partial charge in [0.15, 0.2) is 0 Å². The van der Waals surface area contributed by atoms with E-state index in [1.165, 1.54) is 12.7 Å². The number of carbonyl (C=O) groups excluding carboxylic acids is 1. The molecule has 3 aromatic rings. The summed E-state index contributed by atoms with van der Waals surface area (Å²) in [5, 5.41) is 2.86. The van der Waals surface area contributed by atoms with Gasteiger partial charge in [-0.2, -0.15) is 0 Å². The Kier molecular flexibility index (Phi) is 6.41. The summed E-state index contributed by atoms with van der Waals surface area (Å²) in [4.78, 5) is 16.3. The van der Waals surface area contributed by atoms with Gasteiger partial charge < -0.3 is 14.6 Å². The van der Waals surface area contributed by atoms with Crippen LogP contribution in [0.15, 0.2) is 53.0 Å². The molecule has 2 aromatic carbocycles. The lowest BCUT2D eigenvalue weighted by atomic mass is 10.2. The van der Waals surface area contributed by atoms with Gasteiger partial charge in [-0.05, 0) is 36.2 Å². The molecule has 0 atom stereocenters. The van der Waals surface area contributed by atoms with Crippen molar-refractivity contribution in [3.05, 3.63) is 64.4 Å². The molecule has 136 valence electrons.